The Balaban J connectivity index is 0.00000208. The molecule has 0 aliphatic carbocycles. The Hall–Kier alpha value is -1.96. The first-order valence-electron chi connectivity index (χ1n) is 7.23. The van der Waals surface area contributed by atoms with E-state index in [1.807, 2.05) is 58.6 Å². The van der Waals surface area contributed by atoms with Crippen molar-refractivity contribution in [2.75, 3.05) is 20.3 Å². The minimum Gasteiger partial charge on any atom is -0.497 e. The smallest absolute Gasteiger partial charge is 0.223 e. The summed E-state index contributed by atoms with van der Waals surface area (Å²) >= 11 is 1.45. The molecular formula is C17H18BrN3O2S. The molecule has 24 heavy (non-hydrogen) atoms. The molecule has 1 N–H and O–H groups in total. The number of nitrogens with zero attached hydrogens (tertiary/aromatic N) is 3. The molecule has 0 amide bonds. The maximum Gasteiger partial charge on any atom is 0.223 e. The number of ether oxygens (including phenoxy) is 1. The van der Waals surface area contributed by atoms with Gasteiger partial charge < -0.3 is 9.84 Å². The topological polar surface area (TPSA) is 59.6 Å². The number of aromatic nitrogens is 2. The molecule has 0 fully saturated rings. The highest BCUT2D eigenvalue weighted by Gasteiger charge is 2.10. The zero-order valence-electron chi connectivity index (χ0n) is 13.1. The number of halogens is 1. The van der Waals surface area contributed by atoms with Gasteiger partial charge in [0.05, 0.1) is 25.9 Å². The summed E-state index contributed by atoms with van der Waals surface area (Å²) in [6.07, 6.45) is 0. The van der Waals surface area contributed by atoms with Crippen LogP contribution in [0.4, 0.5) is 0 Å². The molecule has 0 saturated carbocycles. The number of hydrogen-bond acceptors (Lipinski definition) is 5. The Morgan fingerprint density at radius 3 is 2.46 bits per heavy atom. The largest absolute Gasteiger partial charge is 0.497 e. The van der Waals surface area contributed by atoms with Crippen LogP contribution in [-0.2, 0) is 0 Å². The Bertz CT molecular complexity index is 829. The summed E-state index contributed by atoms with van der Waals surface area (Å²) in [5.74, 6) is 1.63. The SMILES string of the molecule is Br.COc1ccc(-c2n/c(=N/CCO)sn2-c2ccccc2)cc1. The van der Waals surface area contributed by atoms with Gasteiger partial charge in [0, 0.05) is 5.56 Å². The third-order valence-electron chi connectivity index (χ3n) is 3.25. The lowest BCUT2D eigenvalue weighted by Crippen LogP contribution is -2.01. The normalized spacial score (nSPS) is 11.2. The van der Waals surface area contributed by atoms with E-state index >= 15 is 0 Å². The molecule has 0 radical (unpaired) electrons. The minimum atomic E-state index is 0. The number of para-hydroxylation sites is 1. The highest BCUT2D eigenvalue weighted by atomic mass is 79.9. The molecule has 3 rings (SSSR count). The van der Waals surface area contributed by atoms with Gasteiger partial charge in [-0.25, -0.2) is 3.96 Å². The molecule has 3 aromatic rings. The lowest BCUT2D eigenvalue weighted by atomic mass is 10.2. The molecule has 0 atom stereocenters. The van der Waals surface area contributed by atoms with Gasteiger partial charge in [0.1, 0.15) is 5.75 Å². The maximum atomic E-state index is 8.96. The van der Waals surface area contributed by atoms with E-state index in [-0.39, 0.29) is 23.6 Å². The summed E-state index contributed by atoms with van der Waals surface area (Å²) in [5.41, 5.74) is 2.01. The van der Waals surface area contributed by atoms with Crippen LogP contribution in [0.1, 0.15) is 0 Å². The van der Waals surface area contributed by atoms with Crippen LogP contribution < -0.4 is 9.54 Å². The lowest BCUT2D eigenvalue weighted by Gasteiger charge is -2.06. The van der Waals surface area contributed by atoms with Gasteiger partial charge in [0.15, 0.2) is 5.82 Å². The second kappa shape index (κ2) is 8.77. The Kier molecular flexibility index (Phi) is 6.72. The van der Waals surface area contributed by atoms with Gasteiger partial charge >= 0.3 is 0 Å². The van der Waals surface area contributed by atoms with Gasteiger partial charge in [-0.3, -0.25) is 4.99 Å². The summed E-state index contributed by atoms with van der Waals surface area (Å²) in [5, 5.41) is 8.96. The Labute approximate surface area is 154 Å². The zero-order valence-corrected chi connectivity index (χ0v) is 15.7. The number of methoxy groups -OCH3 is 1. The number of hydrogen-bond donors (Lipinski definition) is 1. The second-order valence-corrected chi connectivity index (χ2v) is 5.69. The number of benzene rings is 2. The van der Waals surface area contributed by atoms with Gasteiger partial charge in [-0.05, 0) is 47.9 Å². The third kappa shape index (κ3) is 4.11. The Morgan fingerprint density at radius 2 is 1.83 bits per heavy atom. The van der Waals surface area contributed by atoms with Crippen molar-refractivity contribution in [3.8, 4) is 22.8 Å². The molecule has 5 nitrogen and oxygen atoms in total. The molecule has 7 heteroatoms. The molecule has 0 bridgehead atoms. The van der Waals surface area contributed by atoms with Crippen molar-refractivity contribution in [2.24, 2.45) is 4.99 Å². The first-order chi connectivity index (χ1) is 11.3. The summed E-state index contributed by atoms with van der Waals surface area (Å²) < 4.78 is 7.25. The fraction of sp³-hybridized carbons (Fsp3) is 0.176. The van der Waals surface area contributed by atoms with Crippen molar-refractivity contribution >= 4 is 28.5 Å². The minimum absolute atomic E-state index is 0. The van der Waals surface area contributed by atoms with E-state index in [4.69, 9.17) is 9.84 Å². The number of aliphatic hydroxyl groups is 1. The molecule has 1 aromatic heterocycles. The number of rotatable bonds is 5. The van der Waals surface area contributed by atoms with Gasteiger partial charge in [-0.2, -0.15) is 4.98 Å². The molecule has 126 valence electrons. The lowest BCUT2D eigenvalue weighted by molar-refractivity contribution is 0.305. The predicted octanol–water partition coefficient (Wildman–Crippen LogP) is 3.08. The van der Waals surface area contributed by atoms with Crippen molar-refractivity contribution in [1.82, 2.24) is 8.94 Å². The van der Waals surface area contributed by atoms with Crippen molar-refractivity contribution in [1.29, 1.82) is 0 Å². The standard InChI is InChI=1S/C17H17N3O2S.BrH/c1-22-15-9-7-13(8-10-15)16-19-17(18-11-12-21)23-20(16)14-5-3-2-4-6-14;/h2-10,21H,11-12H2,1H3;1H/b18-17-;. The van der Waals surface area contributed by atoms with E-state index in [0.29, 0.717) is 11.3 Å². The first-order valence-corrected chi connectivity index (χ1v) is 8.01. The van der Waals surface area contributed by atoms with Crippen molar-refractivity contribution in [3.63, 3.8) is 0 Å². The third-order valence-corrected chi connectivity index (χ3v) is 4.20. The van der Waals surface area contributed by atoms with E-state index in [2.05, 4.69) is 9.98 Å². The highest BCUT2D eigenvalue weighted by Crippen LogP contribution is 2.24. The average molecular weight is 408 g/mol. The molecule has 2 aromatic carbocycles. The molecular weight excluding hydrogens is 390 g/mol. The van der Waals surface area contributed by atoms with Crippen LogP contribution in [0.5, 0.6) is 5.75 Å². The van der Waals surface area contributed by atoms with Gasteiger partial charge in [0.25, 0.3) is 0 Å². The zero-order chi connectivity index (χ0) is 16.1. The van der Waals surface area contributed by atoms with Crippen LogP contribution in [0, 0.1) is 0 Å². The van der Waals surface area contributed by atoms with E-state index in [0.717, 1.165) is 22.8 Å². The summed E-state index contributed by atoms with van der Waals surface area (Å²) in [6, 6.07) is 17.8. The fourth-order valence-corrected chi connectivity index (χ4v) is 3.05. The van der Waals surface area contributed by atoms with Gasteiger partial charge in [-0.15, -0.1) is 17.0 Å². The second-order valence-electron chi connectivity index (χ2n) is 4.77. The van der Waals surface area contributed by atoms with Crippen LogP contribution >= 0.6 is 28.5 Å². The molecule has 0 unspecified atom stereocenters. The molecule has 0 saturated heterocycles. The quantitative estimate of drug-likeness (QED) is 0.706. The van der Waals surface area contributed by atoms with Gasteiger partial charge in [0.2, 0.25) is 4.80 Å². The summed E-state index contributed by atoms with van der Waals surface area (Å²) in [6.45, 7) is 0.368. The van der Waals surface area contributed by atoms with E-state index in [1.54, 1.807) is 7.11 Å². The average Bonchev–Trinajstić information content (AvgIpc) is 3.05. The monoisotopic (exact) mass is 407 g/mol. The molecule has 0 aliphatic heterocycles. The molecule has 0 aliphatic rings. The van der Waals surface area contributed by atoms with E-state index < -0.39 is 0 Å². The van der Waals surface area contributed by atoms with Crippen LogP contribution in [0.2, 0.25) is 0 Å². The van der Waals surface area contributed by atoms with Crippen molar-refractivity contribution in [3.05, 3.63) is 59.4 Å². The number of aliphatic hydroxyl groups excluding tert-OH is 1. The molecule has 0 spiro atoms. The predicted molar refractivity (Wildman–Crippen MR) is 101 cm³/mol. The summed E-state index contributed by atoms with van der Waals surface area (Å²) in [7, 11) is 1.65. The maximum absolute atomic E-state index is 8.96. The fourth-order valence-electron chi connectivity index (χ4n) is 2.15. The Morgan fingerprint density at radius 1 is 1.12 bits per heavy atom. The molecule has 1 heterocycles. The van der Waals surface area contributed by atoms with Crippen molar-refractivity contribution < 1.29 is 9.84 Å². The van der Waals surface area contributed by atoms with Gasteiger partial charge in [-0.1, -0.05) is 18.2 Å². The van der Waals surface area contributed by atoms with Crippen LogP contribution in [-0.4, -0.2) is 34.3 Å². The van der Waals surface area contributed by atoms with Crippen molar-refractivity contribution in [2.45, 2.75) is 0 Å². The first kappa shape index (κ1) is 18.4. The van der Waals surface area contributed by atoms with Crippen LogP contribution in [0.15, 0.2) is 59.6 Å². The summed E-state index contributed by atoms with van der Waals surface area (Å²) in [4.78, 5) is 9.56. The van der Waals surface area contributed by atoms with E-state index in [1.165, 1.54) is 11.5 Å². The van der Waals surface area contributed by atoms with E-state index in [9.17, 15) is 0 Å². The van der Waals surface area contributed by atoms with Crippen LogP contribution in [0.3, 0.4) is 0 Å². The van der Waals surface area contributed by atoms with Crippen LogP contribution in [0.25, 0.3) is 17.1 Å². The highest BCUT2D eigenvalue weighted by molar-refractivity contribution is 8.93.